The Hall–Kier alpha value is -2.66. The van der Waals surface area contributed by atoms with Crippen molar-refractivity contribution < 1.29 is 24.2 Å². The molecular formula is C57H100O5. The molecule has 358 valence electrons. The highest BCUT2D eigenvalue weighted by molar-refractivity contribution is 5.70. The predicted octanol–water partition coefficient (Wildman–Crippen LogP) is 17.6. The highest BCUT2D eigenvalue weighted by Gasteiger charge is 2.16. The fraction of sp³-hybridized carbons (Fsp3) is 0.754. The Morgan fingerprint density at radius 3 is 1.05 bits per heavy atom. The van der Waals surface area contributed by atoms with Crippen LogP contribution in [0.4, 0.5) is 0 Å². The maximum Gasteiger partial charge on any atom is 0.306 e. The second kappa shape index (κ2) is 52.7. The van der Waals surface area contributed by atoms with Crippen LogP contribution in [0.3, 0.4) is 0 Å². The van der Waals surface area contributed by atoms with Crippen LogP contribution in [0.25, 0.3) is 0 Å². The van der Waals surface area contributed by atoms with Gasteiger partial charge in [-0.1, -0.05) is 254 Å². The van der Waals surface area contributed by atoms with E-state index in [0.717, 1.165) is 77.0 Å². The molecule has 0 radical (unpaired) electrons. The van der Waals surface area contributed by atoms with Crippen molar-refractivity contribution in [2.24, 2.45) is 0 Å². The lowest BCUT2D eigenvalue weighted by molar-refractivity contribution is -0.161. The average Bonchev–Trinajstić information content (AvgIpc) is 3.28. The van der Waals surface area contributed by atoms with Gasteiger partial charge in [0.1, 0.15) is 6.61 Å². The summed E-state index contributed by atoms with van der Waals surface area (Å²) in [6, 6.07) is 0. The minimum absolute atomic E-state index is 0.0842. The molecule has 0 spiro atoms. The van der Waals surface area contributed by atoms with Crippen LogP contribution in [0.15, 0.2) is 72.9 Å². The molecule has 0 aromatic rings. The Balaban J connectivity index is 3.53. The van der Waals surface area contributed by atoms with Crippen LogP contribution >= 0.6 is 0 Å². The lowest BCUT2D eigenvalue weighted by atomic mass is 10.0. The largest absolute Gasteiger partial charge is 0.462 e. The summed E-state index contributed by atoms with van der Waals surface area (Å²) < 4.78 is 10.7. The summed E-state index contributed by atoms with van der Waals surface area (Å²) in [5, 5.41) is 9.62. The van der Waals surface area contributed by atoms with E-state index < -0.39 is 6.10 Å². The normalized spacial score (nSPS) is 12.8. The zero-order chi connectivity index (χ0) is 44.9. The number of ether oxygens (including phenoxy) is 2. The average molecular weight is 865 g/mol. The van der Waals surface area contributed by atoms with Crippen molar-refractivity contribution in [1.82, 2.24) is 0 Å². The van der Waals surface area contributed by atoms with Gasteiger partial charge < -0.3 is 14.6 Å². The van der Waals surface area contributed by atoms with Crippen LogP contribution < -0.4 is 0 Å². The minimum Gasteiger partial charge on any atom is -0.462 e. The van der Waals surface area contributed by atoms with Crippen LogP contribution in [0.2, 0.25) is 0 Å². The van der Waals surface area contributed by atoms with Gasteiger partial charge in [0.05, 0.1) is 6.61 Å². The number of carbonyl (C=O) groups excluding carboxylic acids is 2. The third-order valence-electron chi connectivity index (χ3n) is 11.5. The van der Waals surface area contributed by atoms with E-state index in [9.17, 15) is 14.7 Å². The van der Waals surface area contributed by atoms with Crippen LogP contribution in [0, 0.1) is 0 Å². The van der Waals surface area contributed by atoms with E-state index in [0.29, 0.717) is 12.8 Å². The molecule has 62 heavy (non-hydrogen) atoms. The van der Waals surface area contributed by atoms with Gasteiger partial charge in [-0.25, -0.2) is 0 Å². The Morgan fingerprint density at radius 1 is 0.387 bits per heavy atom. The molecule has 1 atom stereocenters. The Bertz CT molecular complexity index is 1110. The lowest BCUT2D eigenvalue weighted by Crippen LogP contribution is -2.28. The first-order valence-corrected chi connectivity index (χ1v) is 26.5. The number of carbonyl (C=O) groups is 2. The second-order valence-corrected chi connectivity index (χ2v) is 17.6. The molecule has 0 aliphatic carbocycles. The first-order chi connectivity index (χ1) is 30.6. The van der Waals surface area contributed by atoms with Gasteiger partial charge in [0, 0.05) is 12.8 Å². The van der Waals surface area contributed by atoms with E-state index in [-0.39, 0.29) is 25.2 Å². The van der Waals surface area contributed by atoms with Crippen LogP contribution in [-0.4, -0.2) is 36.4 Å². The van der Waals surface area contributed by atoms with E-state index in [1.807, 2.05) is 0 Å². The molecule has 0 aromatic carbocycles. The number of rotatable bonds is 48. The monoisotopic (exact) mass is 865 g/mol. The zero-order valence-corrected chi connectivity index (χ0v) is 40.9. The molecule has 0 saturated carbocycles. The number of hydrogen-bond acceptors (Lipinski definition) is 5. The number of aliphatic hydroxyl groups excluding tert-OH is 1. The van der Waals surface area contributed by atoms with Crippen molar-refractivity contribution in [3.63, 3.8) is 0 Å². The van der Waals surface area contributed by atoms with Crippen molar-refractivity contribution in [2.75, 3.05) is 13.2 Å². The van der Waals surface area contributed by atoms with Gasteiger partial charge >= 0.3 is 11.9 Å². The van der Waals surface area contributed by atoms with E-state index in [1.54, 1.807) is 0 Å². The summed E-state index contributed by atoms with van der Waals surface area (Å²) in [5.41, 5.74) is 0. The van der Waals surface area contributed by atoms with Gasteiger partial charge in [-0.15, -0.1) is 0 Å². The third-order valence-corrected chi connectivity index (χ3v) is 11.5. The Kier molecular flexibility index (Phi) is 50.4. The van der Waals surface area contributed by atoms with Crippen molar-refractivity contribution in [2.45, 2.75) is 264 Å². The SMILES string of the molecule is CC/C=C\C/C=C\C/C=C\C/C=C\C/C=C\C/C=C\CCCCC(=O)OC(CO)COC(=O)CCCCCCCCCCCCCCCCCCCCCCCCCCCCC. The smallest absolute Gasteiger partial charge is 0.306 e. The molecule has 1 unspecified atom stereocenters. The van der Waals surface area contributed by atoms with Crippen LogP contribution in [0.5, 0.6) is 0 Å². The summed E-state index contributed by atoms with van der Waals surface area (Å²) in [5.74, 6) is -0.635. The molecule has 5 nitrogen and oxygen atoms in total. The molecular weight excluding hydrogens is 765 g/mol. The molecule has 0 bridgehead atoms. The highest BCUT2D eigenvalue weighted by atomic mass is 16.6. The third kappa shape index (κ3) is 50.0. The fourth-order valence-corrected chi connectivity index (χ4v) is 7.56. The maximum atomic E-state index is 12.2. The first kappa shape index (κ1) is 59.3. The number of hydrogen-bond donors (Lipinski definition) is 1. The molecule has 5 heteroatoms. The molecule has 0 aliphatic rings. The summed E-state index contributed by atoms with van der Waals surface area (Å²) >= 11 is 0. The van der Waals surface area contributed by atoms with E-state index in [2.05, 4.69) is 86.8 Å². The molecule has 0 saturated heterocycles. The second-order valence-electron chi connectivity index (χ2n) is 17.6. The molecule has 0 amide bonds. The maximum absolute atomic E-state index is 12.2. The number of allylic oxidation sites excluding steroid dienone is 12. The summed E-state index contributed by atoms with van der Waals surface area (Å²) in [7, 11) is 0. The van der Waals surface area contributed by atoms with Crippen molar-refractivity contribution in [3.8, 4) is 0 Å². The lowest BCUT2D eigenvalue weighted by Gasteiger charge is -2.15. The summed E-state index contributed by atoms with van der Waals surface area (Å²) in [4.78, 5) is 24.4. The van der Waals surface area contributed by atoms with Gasteiger partial charge in [-0.2, -0.15) is 0 Å². The Morgan fingerprint density at radius 2 is 0.694 bits per heavy atom. The fourth-order valence-electron chi connectivity index (χ4n) is 7.56. The molecule has 0 aliphatic heterocycles. The van der Waals surface area contributed by atoms with Crippen molar-refractivity contribution in [3.05, 3.63) is 72.9 Å². The van der Waals surface area contributed by atoms with Crippen LogP contribution in [0.1, 0.15) is 258 Å². The standard InChI is InChI=1S/C57H100O5/c1-3-5-7-9-11-13-15-17-19-21-23-25-26-27-28-29-30-32-33-35-37-39-41-43-45-47-49-51-56(59)61-54-55(53-58)62-57(60)52-50-48-46-44-42-40-38-36-34-31-24-22-20-18-16-14-12-10-8-6-4-2/h6,8,12,14,18,20,24,31,36,38,42,44,55,58H,3-5,7,9-11,13,15-17,19,21-23,25-30,32-35,37,39-41,43,45-54H2,1-2H3/b8-6-,14-12-,20-18-,31-24-,38-36-,44-42-. The van der Waals surface area contributed by atoms with Gasteiger partial charge in [0.2, 0.25) is 0 Å². The minimum atomic E-state index is -0.798. The van der Waals surface area contributed by atoms with Gasteiger partial charge in [0.25, 0.3) is 0 Å². The zero-order valence-electron chi connectivity index (χ0n) is 40.9. The van der Waals surface area contributed by atoms with E-state index in [1.165, 1.54) is 154 Å². The predicted molar refractivity (Wildman–Crippen MR) is 270 cm³/mol. The van der Waals surface area contributed by atoms with E-state index in [4.69, 9.17) is 9.47 Å². The number of esters is 2. The van der Waals surface area contributed by atoms with Crippen molar-refractivity contribution >= 4 is 11.9 Å². The quantitative estimate of drug-likeness (QED) is 0.0375. The molecule has 0 aromatic heterocycles. The molecule has 1 N–H and O–H groups in total. The number of aliphatic hydroxyl groups is 1. The van der Waals surface area contributed by atoms with E-state index >= 15 is 0 Å². The molecule has 0 heterocycles. The van der Waals surface area contributed by atoms with Gasteiger partial charge in [-0.05, 0) is 64.2 Å². The summed E-state index contributed by atoms with van der Waals surface area (Å²) in [6.07, 6.45) is 71.6. The summed E-state index contributed by atoms with van der Waals surface area (Å²) in [6.45, 7) is 4.02. The first-order valence-electron chi connectivity index (χ1n) is 26.5. The van der Waals surface area contributed by atoms with Crippen LogP contribution in [-0.2, 0) is 19.1 Å². The van der Waals surface area contributed by atoms with Gasteiger partial charge in [0.15, 0.2) is 6.10 Å². The Labute approximate surface area is 384 Å². The van der Waals surface area contributed by atoms with Gasteiger partial charge in [-0.3, -0.25) is 9.59 Å². The topological polar surface area (TPSA) is 72.8 Å². The molecule has 0 fully saturated rings. The highest BCUT2D eigenvalue weighted by Crippen LogP contribution is 2.17. The number of unbranched alkanes of at least 4 members (excludes halogenated alkanes) is 28. The molecule has 0 rings (SSSR count). The van der Waals surface area contributed by atoms with Crippen molar-refractivity contribution in [1.29, 1.82) is 0 Å².